The first kappa shape index (κ1) is 12.2. The van der Waals surface area contributed by atoms with Gasteiger partial charge in [-0.05, 0) is 18.8 Å². The maximum atomic E-state index is 9.01. The summed E-state index contributed by atoms with van der Waals surface area (Å²) in [6.45, 7) is 5.47. The van der Waals surface area contributed by atoms with Crippen molar-refractivity contribution < 1.29 is 9.84 Å². The third-order valence-corrected chi connectivity index (χ3v) is 1.91. The number of hydrogen-bond donors (Lipinski definition) is 1. The lowest BCUT2D eigenvalue weighted by atomic mass is 10.1. The Morgan fingerprint density at radius 2 is 2.08 bits per heavy atom. The lowest BCUT2D eigenvalue weighted by molar-refractivity contribution is 0.0454. The third-order valence-electron chi connectivity index (χ3n) is 1.56. The zero-order valence-corrected chi connectivity index (χ0v) is 8.68. The summed E-state index contributed by atoms with van der Waals surface area (Å²) in [7, 11) is 0. The van der Waals surface area contributed by atoms with E-state index in [0.29, 0.717) is 6.61 Å². The van der Waals surface area contributed by atoms with Crippen molar-refractivity contribution in [1.29, 1.82) is 0 Å². The fraction of sp³-hybridized carbons (Fsp3) is 1.00. The van der Waals surface area contributed by atoms with Crippen LogP contribution in [0.2, 0.25) is 0 Å². The Kier molecular flexibility index (Phi) is 7.98. The van der Waals surface area contributed by atoms with Crippen molar-refractivity contribution in [3.05, 3.63) is 0 Å². The van der Waals surface area contributed by atoms with Gasteiger partial charge < -0.3 is 9.84 Å². The summed E-state index contributed by atoms with van der Waals surface area (Å²) in [5, 5.41) is 9.01. The third kappa shape index (κ3) is 8.31. The second-order valence-electron chi connectivity index (χ2n) is 3.42. The van der Waals surface area contributed by atoms with Gasteiger partial charge in [-0.15, -0.1) is 11.6 Å². The largest absolute Gasteiger partial charge is 0.389 e. The van der Waals surface area contributed by atoms with E-state index in [0.717, 1.165) is 18.9 Å². The number of halogens is 1. The smallest absolute Gasteiger partial charge is 0.0908 e. The molecule has 0 radical (unpaired) electrons. The second-order valence-corrected chi connectivity index (χ2v) is 3.73. The monoisotopic (exact) mass is 194 g/mol. The molecule has 74 valence electrons. The van der Waals surface area contributed by atoms with Gasteiger partial charge in [0, 0.05) is 6.61 Å². The molecule has 12 heavy (non-hydrogen) atoms. The highest BCUT2D eigenvalue weighted by molar-refractivity contribution is 6.18. The fourth-order valence-electron chi connectivity index (χ4n) is 0.858. The first-order valence-corrected chi connectivity index (χ1v) is 5.02. The minimum Gasteiger partial charge on any atom is -0.389 e. The van der Waals surface area contributed by atoms with Crippen molar-refractivity contribution in [3.63, 3.8) is 0 Å². The van der Waals surface area contributed by atoms with Gasteiger partial charge in [0.05, 0.1) is 18.6 Å². The van der Waals surface area contributed by atoms with Crippen LogP contribution in [0.15, 0.2) is 0 Å². The molecule has 0 spiro atoms. The molecule has 0 aromatic carbocycles. The summed E-state index contributed by atoms with van der Waals surface area (Å²) >= 11 is 5.39. The molecule has 0 rings (SSSR count). The molecule has 0 fully saturated rings. The van der Waals surface area contributed by atoms with Crippen LogP contribution in [-0.2, 0) is 4.74 Å². The highest BCUT2D eigenvalue weighted by Gasteiger charge is 2.01. The second kappa shape index (κ2) is 7.84. The molecule has 0 aliphatic heterocycles. The molecular weight excluding hydrogens is 176 g/mol. The van der Waals surface area contributed by atoms with Crippen LogP contribution in [-0.4, -0.2) is 30.3 Å². The Labute approximate surface area is 79.9 Å². The standard InChI is InChI=1S/C9H19ClO2/c1-8(2)4-3-5-12-7-9(11)6-10/h8-9,11H,3-7H2,1-2H3. The summed E-state index contributed by atoms with van der Waals surface area (Å²) in [5.41, 5.74) is 0. The van der Waals surface area contributed by atoms with Gasteiger partial charge in [0.1, 0.15) is 0 Å². The van der Waals surface area contributed by atoms with Crippen LogP contribution in [0, 0.1) is 5.92 Å². The summed E-state index contributed by atoms with van der Waals surface area (Å²) in [4.78, 5) is 0. The van der Waals surface area contributed by atoms with Gasteiger partial charge in [0.25, 0.3) is 0 Å². The van der Waals surface area contributed by atoms with E-state index in [-0.39, 0.29) is 5.88 Å². The van der Waals surface area contributed by atoms with Crippen molar-refractivity contribution in [2.75, 3.05) is 19.1 Å². The van der Waals surface area contributed by atoms with Crippen LogP contribution in [0.25, 0.3) is 0 Å². The highest BCUT2D eigenvalue weighted by atomic mass is 35.5. The molecule has 1 atom stereocenters. The van der Waals surface area contributed by atoms with Gasteiger partial charge in [0.2, 0.25) is 0 Å². The fourth-order valence-corrected chi connectivity index (χ4v) is 0.947. The van der Waals surface area contributed by atoms with E-state index < -0.39 is 6.10 Å². The van der Waals surface area contributed by atoms with Crippen molar-refractivity contribution in [2.24, 2.45) is 5.92 Å². The lowest BCUT2D eigenvalue weighted by Gasteiger charge is -2.08. The van der Waals surface area contributed by atoms with Gasteiger partial charge in [0.15, 0.2) is 0 Å². The molecular formula is C9H19ClO2. The van der Waals surface area contributed by atoms with Crippen LogP contribution in [0.3, 0.4) is 0 Å². The normalized spacial score (nSPS) is 13.8. The van der Waals surface area contributed by atoms with Crippen LogP contribution in [0.5, 0.6) is 0 Å². The molecule has 0 aromatic heterocycles. The SMILES string of the molecule is CC(C)CCCOCC(O)CCl. The van der Waals surface area contributed by atoms with E-state index in [4.69, 9.17) is 21.4 Å². The Balaban J connectivity index is 3.00. The Morgan fingerprint density at radius 3 is 2.58 bits per heavy atom. The Morgan fingerprint density at radius 1 is 1.42 bits per heavy atom. The van der Waals surface area contributed by atoms with Crippen molar-refractivity contribution >= 4 is 11.6 Å². The van der Waals surface area contributed by atoms with E-state index in [1.165, 1.54) is 6.42 Å². The predicted octanol–water partition coefficient (Wildman–Crippen LogP) is 2.04. The van der Waals surface area contributed by atoms with Gasteiger partial charge in [-0.3, -0.25) is 0 Å². The summed E-state index contributed by atoms with van der Waals surface area (Å²) in [5.74, 6) is 0.982. The Bertz CT molecular complexity index is 96.5. The zero-order valence-electron chi connectivity index (χ0n) is 7.92. The van der Waals surface area contributed by atoms with E-state index in [2.05, 4.69) is 13.8 Å². The van der Waals surface area contributed by atoms with Crippen molar-refractivity contribution in [3.8, 4) is 0 Å². The van der Waals surface area contributed by atoms with Gasteiger partial charge in [-0.2, -0.15) is 0 Å². The van der Waals surface area contributed by atoms with Crippen molar-refractivity contribution in [1.82, 2.24) is 0 Å². The topological polar surface area (TPSA) is 29.5 Å². The van der Waals surface area contributed by atoms with Gasteiger partial charge in [-0.1, -0.05) is 13.8 Å². The molecule has 0 amide bonds. The first-order chi connectivity index (χ1) is 5.66. The number of ether oxygens (including phenoxy) is 1. The van der Waals surface area contributed by atoms with E-state index >= 15 is 0 Å². The molecule has 0 aromatic rings. The Hall–Kier alpha value is 0.210. The predicted molar refractivity (Wildman–Crippen MR) is 51.6 cm³/mol. The van der Waals surface area contributed by atoms with Gasteiger partial charge in [-0.25, -0.2) is 0 Å². The van der Waals surface area contributed by atoms with Gasteiger partial charge >= 0.3 is 0 Å². The van der Waals surface area contributed by atoms with Crippen LogP contribution < -0.4 is 0 Å². The zero-order chi connectivity index (χ0) is 9.40. The number of aliphatic hydroxyl groups is 1. The van der Waals surface area contributed by atoms with Crippen LogP contribution in [0.1, 0.15) is 26.7 Å². The van der Waals surface area contributed by atoms with E-state index in [1.54, 1.807) is 0 Å². The van der Waals surface area contributed by atoms with Crippen LogP contribution >= 0.6 is 11.6 Å². The molecule has 0 heterocycles. The van der Waals surface area contributed by atoms with Crippen molar-refractivity contribution in [2.45, 2.75) is 32.8 Å². The van der Waals surface area contributed by atoms with E-state index in [9.17, 15) is 0 Å². The average Bonchev–Trinajstić information content (AvgIpc) is 2.03. The summed E-state index contributed by atoms with van der Waals surface area (Å²) in [6.07, 6.45) is 1.73. The number of alkyl halides is 1. The first-order valence-electron chi connectivity index (χ1n) is 4.48. The molecule has 1 unspecified atom stereocenters. The maximum absolute atomic E-state index is 9.01. The average molecular weight is 195 g/mol. The molecule has 0 bridgehead atoms. The lowest BCUT2D eigenvalue weighted by Crippen LogP contribution is -2.17. The highest BCUT2D eigenvalue weighted by Crippen LogP contribution is 2.03. The quantitative estimate of drug-likeness (QED) is 0.497. The molecule has 0 saturated heterocycles. The molecule has 0 aliphatic rings. The minimum atomic E-state index is -0.509. The molecule has 1 N–H and O–H groups in total. The molecule has 0 saturated carbocycles. The summed E-state index contributed by atoms with van der Waals surface area (Å²) < 4.78 is 5.20. The number of aliphatic hydroxyl groups excluding tert-OH is 1. The maximum Gasteiger partial charge on any atom is 0.0908 e. The molecule has 2 nitrogen and oxygen atoms in total. The van der Waals surface area contributed by atoms with Crippen LogP contribution in [0.4, 0.5) is 0 Å². The molecule has 0 aliphatic carbocycles. The summed E-state index contributed by atoms with van der Waals surface area (Å²) in [6, 6.07) is 0. The molecule has 3 heteroatoms. The minimum absolute atomic E-state index is 0.254. The number of hydrogen-bond acceptors (Lipinski definition) is 2. The number of rotatable bonds is 7. The van der Waals surface area contributed by atoms with E-state index in [1.807, 2.05) is 0 Å².